The number of hydrogen-bond acceptors (Lipinski definition) is 6. The minimum absolute atomic E-state index is 0.0325. The van der Waals surface area contributed by atoms with Gasteiger partial charge in [0.25, 0.3) is 11.1 Å². The molecule has 9 heteroatoms. The van der Waals surface area contributed by atoms with Gasteiger partial charge in [0.05, 0.1) is 19.8 Å². The lowest BCUT2D eigenvalue weighted by atomic mass is 10.1. The van der Waals surface area contributed by atoms with Crippen molar-refractivity contribution in [2.24, 2.45) is 0 Å². The Bertz CT molecular complexity index is 539. The van der Waals surface area contributed by atoms with Crippen LogP contribution in [-0.4, -0.2) is 47.5 Å². The topological polar surface area (TPSA) is 102 Å². The van der Waals surface area contributed by atoms with E-state index in [1.165, 1.54) is 4.90 Å². The first kappa shape index (κ1) is 19.4. The number of aromatic nitrogens is 2. The second-order valence-electron chi connectivity index (χ2n) is 6.49. The summed E-state index contributed by atoms with van der Waals surface area (Å²) in [7, 11) is 4.04. The Hall–Kier alpha value is -1.61. The number of carbonyl (C=O) groups excluding carboxylic acids is 2. The summed E-state index contributed by atoms with van der Waals surface area (Å²) in [5, 5.41) is 13.2. The van der Waals surface area contributed by atoms with E-state index in [-0.39, 0.29) is 11.8 Å². The van der Waals surface area contributed by atoms with Crippen LogP contribution in [0.15, 0.2) is 9.64 Å². The highest BCUT2D eigenvalue weighted by molar-refractivity contribution is 7.99. The van der Waals surface area contributed by atoms with Gasteiger partial charge in [0, 0.05) is 12.0 Å². The monoisotopic (exact) mass is 344 g/mol. The van der Waals surface area contributed by atoms with E-state index in [9.17, 15) is 9.59 Å². The van der Waals surface area contributed by atoms with Crippen molar-refractivity contribution in [1.29, 1.82) is 0 Å². The maximum Gasteiger partial charge on any atom is 0.321 e. The van der Waals surface area contributed by atoms with Gasteiger partial charge in [0.1, 0.15) is 0 Å². The smallest absolute Gasteiger partial charge is 0.321 e. The van der Waals surface area contributed by atoms with Crippen molar-refractivity contribution in [3.8, 4) is 0 Å². The third kappa shape index (κ3) is 7.00. The molecule has 0 spiro atoms. The Morgan fingerprint density at radius 2 is 1.96 bits per heavy atom. The molecule has 3 amide bonds. The molecule has 0 aromatic carbocycles. The second-order valence-corrected chi connectivity index (χ2v) is 7.41. The first-order valence-corrected chi connectivity index (χ1v) is 8.49. The van der Waals surface area contributed by atoms with E-state index in [2.05, 4.69) is 27.8 Å². The van der Waals surface area contributed by atoms with Crippen LogP contribution in [0.5, 0.6) is 0 Å². The summed E-state index contributed by atoms with van der Waals surface area (Å²) < 4.78 is 5.57. The first-order valence-electron chi connectivity index (χ1n) is 7.50. The summed E-state index contributed by atoms with van der Waals surface area (Å²) in [6, 6.07) is -0.389. The Morgan fingerprint density at radius 1 is 1.30 bits per heavy atom. The number of thioether (sulfide) groups is 1. The van der Waals surface area contributed by atoms with E-state index in [0.29, 0.717) is 11.1 Å². The maximum atomic E-state index is 11.7. The molecule has 0 saturated carbocycles. The van der Waals surface area contributed by atoms with Gasteiger partial charge in [-0.25, -0.2) is 4.79 Å². The minimum atomic E-state index is -0.517. The molecule has 0 fully saturated rings. The average molecular weight is 344 g/mol. The lowest BCUT2D eigenvalue weighted by Crippen LogP contribution is -3.06. The molecule has 130 valence electrons. The molecule has 0 aliphatic carbocycles. The molecule has 1 aromatic rings. The van der Waals surface area contributed by atoms with Gasteiger partial charge in [-0.1, -0.05) is 18.7 Å². The fraction of sp³-hybridized carbons (Fsp3) is 0.714. The molecule has 1 atom stereocenters. The zero-order valence-electron chi connectivity index (χ0n) is 14.5. The minimum Gasteiger partial charge on any atom is -0.410 e. The van der Waals surface area contributed by atoms with Crippen LogP contribution in [0.1, 0.15) is 46.0 Å². The molecular weight excluding hydrogens is 318 g/mol. The lowest BCUT2D eigenvalue weighted by molar-refractivity contribution is -0.894. The van der Waals surface area contributed by atoms with E-state index in [4.69, 9.17) is 4.42 Å². The van der Waals surface area contributed by atoms with Crippen molar-refractivity contribution < 1.29 is 18.9 Å². The molecule has 1 heterocycles. The van der Waals surface area contributed by atoms with Crippen molar-refractivity contribution >= 4 is 23.7 Å². The van der Waals surface area contributed by atoms with E-state index in [1.54, 1.807) is 0 Å². The molecule has 23 heavy (non-hydrogen) atoms. The highest BCUT2D eigenvalue weighted by Crippen LogP contribution is 2.19. The van der Waals surface area contributed by atoms with Crippen LogP contribution in [0.3, 0.4) is 0 Å². The number of carbonyl (C=O) groups is 2. The number of hydrogen-bond donors (Lipinski definition) is 3. The van der Waals surface area contributed by atoms with Gasteiger partial charge in [-0.05, 0) is 20.8 Å². The molecule has 8 nitrogen and oxygen atoms in total. The van der Waals surface area contributed by atoms with Crippen molar-refractivity contribution in [3.63, 3.8) is 0 Å². The normalized spacial score (nSPS) is 13.0. The SMILES string of the molecule is CC[C@@H](c1nnc(SCC(=O)NC(=O)NC(C)(C)C)o1)[NH+](C)C. The van der Waals surface area contributed by atoms with Crippen LogP contribution in [0.25, 0.3) is 0 Å². The zero-order valence-corrected chi connectivity index (χ0v) is 15.3. The third-order valence-electron chi connectivity index (χ3n) is 2.89. The molecule has 0 aliphatic heterocycles. The summed E-state index contributed by atoms with van der Waals surface area (Å²) >= 11 is 1.11. The van der Waals surface area contributed by atoms with Gasteiger partial charge in [-0.2, -0.15) is 0 Å². The highest BCUT2D eigenvalue weighted by atomic mass is 32.2. The first-order chi connectivity index (χ1) is 10.6. The predicted octanol–water partition coefficient (Wildman–Crippen LogP) is 0.382. The number of urea groups is 1. The van der Waals surface area contributed by atoms with Crippen molar-refractivity contribution in [2.75, 3.05) is 19.8 Å². The lowest BCUT2D eigenvalue weighted by Gasteiger charge is -2.20. The van der Waals surface area contributed by atoms with Gasteiger partial charge in [0.15, 0.2) is 6.04 Å². The molecule has 1 aromatic heterocycles. The summed E-state index contributed by atoms with van der Waals surface area (Å²) in [5.41, 5.74) is -0.400. The van der Waals surface area contributed by atoms with E-state index < -0.39 is 17.5 Å². The van der Waals surface area contributed by atoms with Gasteiger partial charge >= 0.3 is 6.03 Å². The largest absolute Gasteiger partial charge is 0.410 e. The number of rotatable bonds is 6. The average Bonchev–Trinajstić information content (AvgIpc) is 2.83. The van der Waals surface area contributed by atoms with Gasteiger partial charge in [0.2, 0.25) is 5.91 Å². The highest BCUT2D eigenvalue weighted by Gasteiger charge is 2.23. The maximum absolute atomic E-state index is 11.7. The summed E-state index contributed by atoms with van der Waals surface area (Å²) in [6.45, 7) is 7.56. The van der Waals surface area contributed by atoms with E-state index in [0.717, 1.165) is 18.2 Å². The Kier molecular flexibility index (Phi) is 7.01. The van der Waals surface area contributed by atoms with Gasteiger partial charge in [-0.3, -0.25) is 10.1 Å². The van der Waals surface area contributed by atoms with Crippen LogP contribution in [0.2, 0.25) is 0 Å². The number of quaternary nitrogens is 1. The summed E-state index contributed by atoms with van der Waals surface area (Å²) in [4.78, 5) is 24.5. The summed E-state index contributed by atoms with van der Waals surface area (Å²) in [6.07, 6.45) is 0.877. The number of nitrogens with one attached hydrogen (secondary N) is 3. The number of amides is 3. The fourth-order valence-electron chi connectivity index (χ4n) is 1.91. The van der Waals surface area contributed by atoms with Crippen LogP contribution in [-0.2, 0) is 4.79 Å². The predicted molar refractivity (Wildman–Crippen MR) is 87.3 cm³/mol. The van der Waals surface area contributed by atoms with Crippen LogP contribution < -0.4 is 15.5 Å². The van der Waals surface area contributed by atoms with E-state index in [1.807, 2.05) is 34.9 Å². The second kappa shape index (κ2) is 8.30. The third-order valence-corrected chi connectivity index (χ3v) is 3.71. The molecule has 0 bridgehead atoms. The van der Waals surface area contributed by atoms with Crippen molar-refractivity contribution in [1.82, 2.24) is 20.8 Å². The molecule has 0 unspecified atom stereocenters. The van der Waals surface area contributed by atoms with Gasteiger partial charge in [-0.15, -0.1) is 10.2 Å². The zero-order chi connectivity index (χ0) is 17.6. The Morgan fingerprint density at radius 3 is 2.48 bits per heavy atom. The molecular formula is C14H26N5O3S+. The van der Waals surface area contributed by atoms with E-state index >= 15 is 0 Å². The Labute approximate surface area is 140 Å². The molecule has 0 aliphatic rings. The van der Waals surface area contributed by atoms with Crippen LogP contribution in [0, 0.1) is 0 Å². The molecule has 1 rings (SSSR count). The van der Waals surface area contributed by atoms with Crippen molar-refractivity contribution in [2.45, 2.75) is 50.9 Å². The summed E-state index contributed by atoms with van der Waals surface area (Å²) in [5.74, 6) is 0.174. The standard InChI is InChI=1S/C14H25N5O3S/c1-7-9(19(5)6)11-17-18-13(22-11)23-8-10(20)15-12(21)16-14(2,3)4/h9H,7-8H2,1-6H3,(H2,15,16,20,21)/p+1/t9-/m0/s1. The number of nitrogens with zero attached hydrogens (tertiary/aromatic N) is 2. The van der Waals surface area contributed by atoms with Crippen LogP contribution in [0.4, 0.5) is 4.79 Å². The van der Waals surface area contributed by atoms with Crippen LogP contribution >= 0.6 is 11.8 Å². The number of imide groups is 1. The molecule has 3 N–H and O–H groups in total. The fourth-order valence-corrected chi connectivity index (χ4v) is 2.48. The van der Waals surface area contributed by atoms with Gasteiger partial charge < -0.3 is 14.6 Å². The quantitative estimate of drug-likeness (QED) is 0.645. The van der Waals surface area contributed by atoms with Crippen molar-refractivity contribution in [3.05, 3.63) is 5.89 Å². The molecule has 0 saturated heterocycles. The Balaban J connectivity index is 2.48. The molecule has 0 radical (unpaired) electrons.